The molecule has 0 saturated heterocycles. The molecule has 6 nitrogen and oxygen atoms in total. The first-order chi connectivity index (χ1) is 14.5. The van der Waals surface area contributed by atoms with Crippen LogP contribution in [0.4, 0.5) is 15.8 Å². The van der Waals surface area contributed by atoms with Crippen LogP contribution in [0.5, 0.6) is 5.75 Å². The molecule has 4 rings (SSSR count). The molecule has 2 aromatic heterocycles. The van der Waals surface area contributed by atoms with E-state index in [4.69, 9.17) is 4.74 Å². The fourth-order valence-corrected chi connectivity index (χ4v) is 3.86. The van der Waals surface area contributed by atoms with Gasteiger partial charge < -0.3 is 15.4 Å². The van der Waals surface area contributed by atoms with Gasteiger partial charge in [-0.15, -0.1) is 11.3 Å². The van der Waals surface area contributed by atoms with Crippen LogP contribution in [0.1, 0.15) is 20.0 Å². The number of amides is 2. The molecule has 0 aliphatic heterocycles. The van der Waals surface area contributed by atoms with E-state index in [1.54, 1.807) is 48.7 Å². The van der Waals surface area contributed by atoms with Crippen LogP contribution in [0.2, 0.25) is 0 Å². The summed E-state index contributed by atoms with van der Waals surface area (Å²) in [6.45, 7) is 0. The fraction of sp³-hybridized carbons (Fsp3) is 0.0455. The summed E-state index contributed by atoms with van der Waals surface area (Å²) in [5.74, 6) is -0.666. The Morgan fingerprint density at radius 2 is 1.90 bits per heavy atom. The van der Waals surface area contributed by atoms with E-state index in [1.807, 2.05) is 0 Å². The molecule has 4 aromatic rings. The Morgan fingerprint density at radius 1 is 1.03 bits per heavy atom. The first kappa shape index (κ1) is 19.5. The Balaban J connectivity index is 1.52. The van der Waals surface area contributed by atoms with Gasteiger partial charge in [0.25, 0.3) is 11.8 Å². The molecule has 0 fully saturated rings. The number of ether oxygens (including phenoxy) is 1. The van der Waals surface area contributed by atoms with Gasteiger partial charge in [-0.25, -0.2) is 4.39 Å². The lowest BCUT2D eigenvalue weighted by atomic mass is 10.2. The standard InChI is InChI=1S/C22H16FN3O3S/c1-29-18-10-14(7-8-17(18)26-21(27)13-4-3-9-24-12-13)25-22(28)20-11-15-16(23)5-2-6-19(15)30-20/h2-12H,1H3,(H,25,28)(H,26,27). The second kappa shape index (κ2) is 8.30. The number of carbonyl (C=O) groups is 2. The van der Waals surface area contributed by atoms with Crippen molar-refractivity contribution in [3.05, 3.63) is 83.2 Å². The highest BCUT2D eigenvalue weighted by Crippen LogP contribution is 2.31. The van der Waals surface area contributed by atoms with Gasteiger partial charge in [-0.3, -0.25) is 14.6 Å². The summed E-state index contributed by atoms with van der Waals surface area (Å²) < 4.78 is 19.9. The Labute approximate surface area is 175 Å². The van der Waals surface area contributed by atoms with Crippen LogP contribution in [-0.4, -0.2) is 23.9 Å². The lowest BCUT2D eigenvalue weighted by Crippen LogP contribution is -2.14. The summed E-state index contributed by atoms with van der Waals surface area (Å²) in [5, 5.41) is 5.95. The fourth-order valence-electron chi connectivity index (χ4n) is 2.89. The summed E-state index contributed by atoms with van der Waals surface area (Å²) in [6.07, 6.45) is 3.05. The molecular formula is C22H16FN3O3S. The largest absolute Gasteiger partial charge is 0.494 e. The number of carbonyl (C=O) groups excluding carboxylic acids is 2. The number of nitrogens with one attached hydrogen (secondary N) is 2. The van der Waals surface area contributed by atoms with Crippen LogP contribution >= 0.6 is 11.3 Å². The summed E-state index contributed by atoms with van der Waals surface area (Å²) in [5.41, 5.74) is 1.34. The van der Waals surface area contributed by atoms with Gasteiger partial charge in [-0.05, 0) is 42.5 Å². The quantitative estimate of drug-likeness (QED) is 0.478. The maximum absolute atomic E-state index is 13.9. The van der Waals surface area contributed by atoms with Crippen molar-refractivity contribution in [1.82, 2.24) is 4.98 Å². The monoisotopic (exact) mass is 421 g/mol. The van der Waals surface area contributed by atoms with Gasteiger partial charge in [-0.2, -0.15) is 0 Å². The zero-order chi connectivity index (χ0) is 21.1. The molecule has 0 radical (unpaired) electrons. The van der Waals surface area contributed by atoms with Gasteiger partial charge in [0.2, 0.25) is 0 Å². The van der Waals surface area contributed by atoms with Crippen LogP contribution in [0.25, 0.3) is 10.1 Å². The third-order valence-electron chi connectivity index (χ3n) is 4.36. The molecule has 0 spiro atoms. The van der Waals surface area contributed by atoms with Gasteiger partial charge >= 0.3 is 0 Å². The van der Waals surface area contributed by atoms with E-state index in [-0.39, 0.29) is 17.6 Å². The number of hydrogen-bond acceptors (Lipinski definition) is 5. The Kier molecular flexibility index (Phi) is 5.40. The van der Waals surface area contributed by atoms with Crippen molar-refractivity contribution in [2.75, 3.05) is 17.7 Å². The number of rotatable bonds is 5. The highest BCUT2D eigenvalue weighted by atomic mass is 32.1. The summed E-state index contributed by atoms with van der Waals surface area (Å²) in [7, 11) is 1.47. The van der Waals surface area contributed by atoms with E-state index in [1.165, 1.54) is 36.8 Å². The number of fused-ring (bicyclic) bond motifs is 1. The molecule has 0 saturated carbocycles. The normalized spacial score (nSPS) is 10.6. The van der Waals surface area contributed by atoms with Crippen molar-refractivity contribution in [2.24, 2.45) is 0 Å². The lowest BCUT2D eigenvalue weighted by molar-refractivity contribution is 0.101. The number of anilines is 2. The van der Waals surface area contributed by atoms with Crippen LogP contribution in [-0.2, 0) is 0 Å². The first-order valence-corrected chi connectivity index (χ1v) is 9.75. The number of pyridine rings is 1. The van der Waals surface area contributed by atoms with Gasteiger partial charge in [0.1, 0.15) is 11.6 Å². The first-order valence-electron chi connectivity index (χ1n) is 8.94. The Hall–Kier alpha value is -3.78. The zero-order valence-electron chi connectivity index (χ0n) is 15.8. The molecule has 2 N–H and O–H groups in total. The minimum atomic E-state index is -0.363. The molecule has 2 heterocycles. The maximum atomic E-state index is 13.9. The third kappa shape index (κ3) is 3.99. The van der Waals surface area contributed by atoms with Gasteiger partial charge in [0.05, 0.1) is 23.2 Å². The second-order valence-electron chi connectivity index (χ2n) is 6.33. The molecule has 150 valence electrons. The lowest BCUT2D eigenvalue weighted by Gasteiger charge is -2.12. The Morgan fingerprint density at radius 3 is 2.63 bits per heavy atom. The van der Waals surface area contributed by atoms with Crippen molar-refractivity contribution < 1.29 is 18.7 Å². The smallest absolute Gasteiger partial charge is 0.265 e. The number of aromatic nitrogens is 1. The van der Waals surface area contributed by atoms with E-state index in [0.29, 0.717) is 37.7 Å². The minimum absolute atomic E-state index is 0.328. The van der Waals surface area contributed by atoms with E-state index in [2.05, 4.69) is 15.6 Å². The molecule has 0 aliphatic carbocycles. The van der Waals surface area contributed by atoms with Crippen molar-refractivity contribution >= 4 is 44.6 Å². The van der Waals surface area contributed by atoms with Crippen LogP contribution < -0.4 is 15.4 Å². The molecule has 2 aromatic carbocycles. The van der Waals surface area contributed by atoms with Gasteiger partial charge in [0, 0.05) is 34.2 Å². The van der Waals surface area contributed by atoms with E-state index < -0.39 is 0 Å². The minimum Gasteiger partial charge on any atom is -0.494 e. The van der Waals surface area contributed by atoms with Crippen molar-refractivity contribution in [1.29, 1.82) is 0 Å². The molecule has 0 bridgehead atoms. The highest BCUT2D eigenvalue weighted by Gasteiger charge is 2.15. The SMILES string of the molecule is COc1cc(NC(=O)c2cc3c(F)cccc3s2)ccc1NC(=O)c1cccnc1. The molecule has 0 unspecified atom stereocenters. The topological polar surface area (TPSA) is 80.3 Å². The molecule has 0 atom stereocenters. The third-order valence-corrected chi connectivity index (χ3v) is 5.46. The highest BCUT2D eigenvalue weighted by molar-refractivity contribution is 7.20. The van der Waals surface area contributed by atoms with Crippen molar-refractivity contribution in [2.45, 2.75) is 0 Å². The Bertz CT molecular complexity index is 1240. The van der Waals surface area contributed by atoms with Gasteiger partial charge in [0.15, 0.2) is 0 Å². The molecule has 8 heteroatoms. The van der Waals surface area contributed by atoms with Crippen LogP contribution in [0, 0.1) is 5.82 Å². The second-order valence-corrected chi connectivity index (χ2v) is 7.41. The van der Waals surface area contributed by atoms with E-state index in [9.17, 15) is 14.0 Å². The van der Waals surface area contributed by atoms with E-state index >= 15 is 0 Å². The summed E-state index contributed by atoms with van der Waals surface area (Å²) >= 11 is 1.21. The van der Waals surface area contributed by atoms with Crippen LogP contribution in [0.3, 0.4) is 0 Å². The number of benzene rings is 2. The summed E-state index contributed by atoms with van der Waals surface area (Å²) in [6, 6.07) is 14.5. The molecular weight excluding hydrogens is 405 g/mol. The molecule has 30 heavy (non-hydrogen) atoms. The van der Waals surface area contributed by atoms with Gasteiger partial charge in [-0.1, -0.05) is 6.07 Å². The predicted molar refractivity (Wildman–Crippen MR) is 115 cm³/mol. The van der Waals surface area contributed by atoms with Crippen LogP contribution in [0.15, 0.2) is 67.0 Å². The zero-order valence-corrected chi connectivity index (χ0v) is 16.6. The molecule has 2 amide bonds. The number of hydrogen-bond donors (Lipinski definition) is 2. The average molecular weight is 421 g/mol. The number of thiophene rings is 1. The van der Waals surface area contributed by atoms with E-state index in [0.717, 1.165) is 0 Å². The average Bonchev–Trinajstić information content (AvgIpc) is 3.21. The van der Waals surface area contributed by atoms with Crippen molar-refractivity contribution in [3.8, 4) is 5.75 Å². The molecule has 0 aliphatic rings. The number of halogens is 1. The number of nitrogens with zero attached hydrogens (tertiary/aromatic N) is 1. The maximum Gasteiger partial charge on any atom is 0.265 e. The number of methoxy groups -OCH3 is 1. The summed E-state index contributed by atoms with van der Waals surface area (Å²) in [4.78, 5) is 29.3. The van der Waals surface area contributed by atoms with Crippen molar-refractivity contribution in [3.63, 3.8) is 0 Å². The predicted octanol–water partition coefficient (Wildman–Crippen LogP) is 4.95.